The van der Waals surface area contributed by atoms with Crippen LogP contribution in [0.1, 0.15) is 10.4 Å². The lowest BCUT2D eigenvalue weighted by molar-refractivity contribution is 0.0937. The second-order valence-corrected chi connectivity index (χ2v) is 4.25. The van der Waals surface area contributed by atoms with Gasteiger partial charge in [-0.25, -0.2) is 0 Å². The number of methoxy groups -OCH3 is 1. The normalized spacial score (nSPS) is 10.2. The monoisotopic (exact) mass is 272 g/mol. The summed E-state index contributed by atoms with van der Waals surface area (Å²) in [6.07, 6.45) is 1.41. The van der Waals surface area contributed by atoms with Crippen LogP contribution in [0.5, 0.6) is 0 Å². The zero-order valence-corrected chi connectivity index (χ0v) is 11.2. The number of amides is 1. The van der Waals surface area contributed by atoms with E-state index in [1.165, 1.54) is 6.20 Å². The van der Waals surface area contributed by atoms with Crippen molar-refractivity contribution in [3.8, 4) is 11.1 Å². The molecule has 2 aromatic rings. The van der Waals surface area contributed by atoms with E-state index in [9.17, 15) is 9.59 Å². The van der Waals surface area contributed by atoms with Crippen molar-refractivity contribution in [2.45, 2.75) is 0 Å². The lowest BCUT2D eigenvalue weighted by Crippen LogP contribution is -2.27. The maximum Gasteiger partial charge on any atom is 0.255 e. The van der Waals surface area contributed by atoms with E-state index in [4.69, 9.17) is 4.74 Å². The number of benzene rings is 1. The van der Waals surface area contributed by atoms with Crippen molar-refractivity contribution >= 4 is 5.91 Å². The molecule has 0 aliphatic heterocycles. The summed E-state index contributed by atoms with van der Waals surface area (Å²) >= 11 is 0. The van der Waals surface area contributed by atoms with Gasteiger partial charge in [0.25, 0.3) is 11.5 Å². The third-order valence-corrected chi connectivity index (χ3v) is 2.84. The van der Waals surface area contributed by atoms with Gasteiger partial charge in [0.2, 0.25) is 0 Å². The molecule has 104 valence electrons. The van der Waals surface area contributed by atoms with Gasteiger partial charge in [-0.1, -0.05) is 30.3 Å². The van der Waals surface area contributed by atoms with Crippen LogP contribution in [0, 0.1) is 0 Å². The number of H-pyrrole nitrogens is 1. The number of rotatable bonds is 5. The van der Waals surface area contributed by atoms with Crippen LogP contribution < -0.4 is 10.9 Å². The van der Waals surface area contributed by atoms with Gasteiger partial charge in [-0.2, -0.15) is 0 Å². The van der Waals surface area contributed by atoms with E-state index in [-0.39, 0.29) is 11.5 Å². The van der Waals surface area contributed by atoms with Gasteiger partial charge in [0.15, 0.2) is 0 Å². The molecule has 20 heavy (non-hydrogen) atoms. The van der Waals surface area contributed by atoms with Gasteiger partial charge in [-0.15, -0.1) is 0 Å². The highest BCUT2D eigenvalue weighted by Crippen LogP contribution is 2.15. The van der Waals surface area contributed by atoms with Gasteiger partial charge in [0.05, 0.1) is 12.2 Å². The largest absolute Gasteiger partial charge is 0.383 e. The Hall–Kier alpha value is -2.40. The Morgan fingerprint density at radius 3 is 2.75 bits per heavy atom. The molecule has 0 aliphatic rings. The van der Waals surface area contributed by atoms with Crippen molar-refractivity contribution in [2.75, 3.05) is 20.3 Å². The van der Waals surface area contributed by atoms with E-state index in [2.05, 4.69) is 10.3 Å². The zero-order chi connectivity index (χ0) is 14.4. The molecule has 1 heterocycles. The predicted molar refractivity (Wildman–Crippen MR) is 76.7 cm³/mol. The van der Waals surface area contributed by atoms with Gasteiger partial charge in [0.1, 0.15) is 0 Å². The highest BCUT2D eigenvalue weighted by molar-refractivity contribution is 5.95. The number of aromatic amines is 1. The number of ether oxygens (including phenoxy) is 1. The molecule has 0 atom stereocenters. The minimum atomic E-state index is -0.240. The minimum absolute atomic E-state index is 0.218. The van der Waals surface area contributed by atoms with Crippen LogP contribution in [0.3, 0.4) is 0 Å². The SMILES string of the molecule is COCCNC(=O)c1c[nH]c(=O)c(-c2ccccc2)c1. The molecule has 2 rings (SSSR count). The molecule has 2 N–H and O–H groups in total. The van der Waals surface area contributed by atoms with E-state index in [0.29, 0.717) is 24.3 Å². The molecule has 1 aromatic heterocycles. The molecule has 5 heteroatoms. The first-order chi connectivity index (χ1) is 9.72. The smallest absolute Gasteiger partial charge is 0.255 e. The van der Waals surface area contributed by atoms with E-state index in [0.717, 1.165) is 5.56 Å². The number of pyridine rings is 1. The summed E-state index contributed by atoms with van der Waals surface area (Å²) in [6.45, 7) is 0.871. The molecule has 0 radical (unpaired) electrons. The number of nitrogens with one attached hydrogen (secondary N) is 2. The number of hydrogen-bond acceptors (Lipinski definition) is 3. The maximum absolute atomic E-state index is 11.9. The lowest BCUT2D eigenvalue weighted by atomic mass is 10.1. The summed E-state index contributed by atoms with van der Waals surface area (Å²) in [7, 11) is 1.57. The van der Waals surface area contributed by atoms with Gasteiger partial charge in [-0.05, 0) is 11.6 Å². The summed E-state index contributed by atoms with van der Waals surface area (Å²) in [5.41, 5.74) is 1.45. The number of carbonyl (C=O) groups is 1. The Morgan fingerprint density at radius 1 is 1.30 bits per heavy atom. The van der Waals surface area contributed by atoms with E-state index >= 15 is 0 Å². The van der Waals surface area contributed by atoms with Gasteiger partial charge < -0.3 is 15.0 Å². The summed E-state index contributed by atoms with van der Waals surface area (Å²) in [4.78, 5) is 26.4. The van der Waals surface area contributed by atoms with Crippen LogP contribution >= 0.6 is 0 Å². The van der Waals surface area contributed by atoms with Crippen molar-refractivity contribution in [3.63, 3.8) is 0 Å². The molecule has 0 saturated heterocycles. The average molecular weight is 272 g/mol. The molecular formula is C15H16N2O3. The standard InChI is InChI=1S/C15H16N2O3/c1-20-8-7-16-14(18)12-9-13(15(19)17-10-12)11-5-3-2-4-6-11/h2-6,9-10H,7-8H2,1H3,(H,16,18)(H,17,19). The summed E-state index contributed by atoms with van der Waals surface area (Å²) in [5, 5.41) is 2.71. The maximum atomic E-state index is 11.9. The first kappa shape index (κ1) is 14.0. The van der Waals surface area contributed by atoms with Gasteiger partial charge in [0, 0.05) is 25.4 Å². The van der Waals surface area contributed by atoms with Crippen molar-refractivity contribution in [3.05, 3.63) is 58.5 Å². The Bertz CT molecular complexity index is 635. The van der Waals surface area contributed by atoms with Crippen LogP contribution in [0.15, 0.2) is 47.4 Å². The van der Waals surface area contributed by atoms with Crippen LogP contribution in [0.25, 0.3) is 11.1 Å². The van der Waals surface area contributed by atoms with E-state index in [1.54, 1.807) is 13.2 Å². The molecule has 1 amide bonds. The van der Waals surface area contributed by atoms with E-state index < -0.39 is 0 Å². The molecular weight excluding hydrogens is 256 g/mol. The molecule has 0 unspecified atom stereocenters. The number of aromatic nitrogens is 1. The van der Waals surface area contributed by atoms with Crippen molar-refractivity contribution in [1.82, 2.24) is 10.3 Å². The zero-order valence-electron chi connectivity index (χ0n) is 11.2. The van der Waals surface area contributed by atoms with Crippen LogP contribution in [0.4, 0.5) is 0 Å². The second-order valence-electron chi connectivity index (χ2n) is 4.25. The second kappa shape index (κ2) is 6.68. The molecule has 0 spiro atoms. The quantitative estimate of drug-likeness (QED) is 0.809. The van der Waals surface area contributed by atoms with Gasteiger partial charge >= 0.3 is 0 Å². The summed E-state index contributed by atoms with van der Waals surface area (Å²) in [5.74, 6) is -0.240. The van der Waals surface area contributed by atoms with Crippen LogP contribution in [-0.2, 0) is 4.74 Å². The molecule has 0 saturated carbocycles. The van der Waals surface area contributed by atoms with Crippen molar-refractivity contribution in [2.24, 2.45) is 0 Å². The molecule has 1 aromatic carbocycles. The third-order valence-electron chi connectivity index (χ3n) is 2.84. The summed E-state index contributed by atoms with van der Waals surface area (Å²) < 4.78 is 4.87. The molecule has 0 aliphatic carbocycles. The fraction of sp³-hybridized carbons (Fsp3) is 0.200. The summed E-state index contributed by atoms with van der Waals surface area (Å²) in [6, 6.07) is 10.8. The van der Waals surface area contributed by atoms with Gasteiger partial charge in [-0.3, -0.25) is 9.59 Å². The Balaban J connectivity index is 2.25. The van der Waals surface area contributed by atoms with Crippen LogP contribution in [0.2, 0.25) is 0 Å². The van der Waals surface area contributed by atoms with Crippen LogP contribution in [-0.4, -0.2) is 31.2 Å². The Kier molecular flexibility index (Phi) is 4.68. The Labute approximate surface area is 116 Å². The topological polar surface area (TPSA) is 71.2 Å². The van der Waals surface area contributed by atoms with E-state index in [1.807, 2.05) is 30.3 Å². The average Bonchev–Trinajstić information content (AvgIpc) is 2.49. The number of carbonyl (C=O) groups excluding carboxylic acids is 1. The minimum Gasteiger partial charge on any atom is -0.383 e. The fourth-order valence-corrected chi connectivity index (χ4v) is 1.82. The number of hydrogen-bond donors (Lipinski definition) is 2. The molecule has 5 nitrogen and oxygen atoms in total. The first-order valence-corrected chi connectivity index (χ1v) is 6.27. The molecule has 0 bridgehead atoms. The third kappa shape index (κ3) is 3.33. The fourth-order valence-electron chi connectivity index (χ4n) is 1.82. The lowest BCUT2D eigenvalue weighted by Gasteiger charge is -2.06. The van der Waals surface area contributed by atoms with Crippen molar-refractivity contribution < 1.29 is 9.53 Å². The Morgan fingerprint density at radius 2 is 2.05 bits per heavy atom. The predicted octanol–water partition coefficient (Wildman–Crippen LogP) is 1.42. The molecule has 0 fully saturated rings. The van der Waals surface area contributed by atoms with Crippen molar-refractivity contribution in [1.29, 1.82) is 0 Å². The highest BCUT2D eigenvalue weighted by Gasteiger charge is 2.09. The first-order valence-electron chi connectivity index (χ1n) is 6.27. The highest BCUT2D eigenvalue weighted by atomic mass is 16.5.